The average molecular weight is 1730 g/mol. The highest BCUT2D eigenvalue weighted by molar-refractivity contribution is 7.26. The second-order valence-electron chi connectivity index (χ2n) is 35.5. The van der Waals surface area contributed by atoms with E-state index in [4.69, 9.17) is 15.0 Å². The van der Waals surface area contributed by atoms with Gasteiger partial charge in [-0.15, -0.1) is 22.7 Å². The van der Waals surface area contributed by atoms with Gasteiger partial charge in [0.2, 0.25) is 5.95 Å². The van der Waals surface area contributed by atoms with Crippen molar-refractivity contribution in [3.8, 4) is 90.0 Å². The van der Waals surface area contributed by atoms with Crippen molar-refractivity contribution in [2.24, 2.45) is 0 Å². The monoisotopic (exact) mass is 1730 g/mol. The molecule has 0 aliphatic rings. The Morgan fingerprint density at radius 3 is 1.17 bits per heavy atom. The number of thiophene rings is 2. The van der Waals surface area contributed by atoms with E-state index in [1.807, 2.05) is 109 Å². The first-order chi connectivity index (χ1) is 65.6. The highest BCUT2D eigenvalue weighted by Gasteiger charge is 2.29. The molecular weight excluding hydrogens is 1670 g/mol. The lowest BCUT2D eigenvalue weighted by atomic mass is 9.93. The summed E-state index contributed by atoms with van der Waals surface area (Å²) in [7, 11) is 0. The van der Waals surface area contributed by atoms with Crippen molar-refractivity contribution in [2.75, 3.05) is 0 Å². The van der Waals surface area contributed by atoms with Crippen LogP contribution < -0.4 is 16.7 Å². The molecule has 11 nitrogen and oxygen atoms in total. The smallest absolute Gasteiger partial charge is 0.263 e. The number of benzene rings is 19. The highest BCUT2D eigenvalue weighted by Crippen LogP contribution is 2.49. The molecule has 0 atom stereocenters. The van der Waals surface area contributed by atoms with Gasteiger partial charge < -0.3 is 4.57 Å². The van der Waals surface area contributed by atoms with Crippen LogP contribution in [0.1, 0.15) is 0 Å². The average Bonchev–Trinajstić information content (AvgIpc) is 1.55. The molecule has 0 aliphatic heterocycles. The van der Waals surface area contributed by atoms with Crippen LogP contribution in [0.15, 0.2) is 403 Å². The second-order valence-corrected chi connectivity index (χ2v) is 37.7. The molecule has 133 heavy (non-hydrogen) atoms. The normalized spacial score (nSPS) is 12.5. The molecule has 30 rings (SSSR count). The molecular formula is C120H64N8O3S2. The molecule has 11 aromatic heterocycles. The Bertz CT molecular complexity index is 10600. The summed E-state index contributed by atoms with van der Waals surface area (Å²) in [6, 6.07) is 137. The summed E-state index contributed by atoms with van der Waals surface area (Å²) in [5, 5.41) is 22.6. The molecule has 0 saturated heterocycles. The third-order valence-electron chi connectivity index (χ3n) is 28.5. The van der Waals surface area contributed by atoms with Crippen LogP contribution in [0, 0.1) is 0 Å². The van der Waals surface area contributed by atoms with Crippen LogP contribution in [0.3, 0.4) is 0 Å². The van der Waals surface area contributed by atoms with E-state index in [1.165, 1.54) is 24.9 Å². The Balaban J connectivity index is 0.556. The van der Waals surface area contributed by atoms with Crippen molar-refractivity contribution in [3.63, 3.8) is 0 Å². The van der Waals surface area contributed by atoms with Crippen LogP contribution in [0.25, 0.3) is 288 Å². The fourth-order valence-electron chi connectivity index (χ4n) is 22.5. The largest absolute Gasteiger partial charge is 0.309 e. The minimum Gasteiger partial charge on any atom is -0.309 e. The molecule has 13 heteroatoms. The summed E-state index contributed by atoms with van der Waals surface area (Å²) < 4.78 is 15.2. The molecule has 614 valence electrons. The van der Waals surface area contributed by atoms with E-state index in [0.29, 0.717) is 33.8 Å². The lowest BCUT2D eigenvalue weighted by Crippen LogP contribution is -2.13. The number of nitrogens with zero attached hydrogens (tertiary/aromatic N) is 8. The van der Waals surface area contributed by atoms with Gasteiger partial charge in [0, 0.05) is 143 Å². The summed E-state index contributed by atoms with van der Waals surface area (Å²) in [5.41, 5.74) is 22.0. The van der Waals surface area contributed by atoms with Crippen LogP contribution in [-0.2, 0) is 0 Å². The maximum atomic E-state index is 16.3. The molecule has 0 fully saturated rings. The summed E-state index contributed by atoms with van der Waals surface area (Å²) in [6.07, 6.45) is 0. The Hall–Kier alpha value is -17.4. The highest BCUT2D eigenvalue weighted by atomic mass is 32.1. The van der Waals surface area contributed by atoms with Crippen molar-refractivity contribution in [1.82, 2.24) is 37.3 Å². The predicted molar refractivity (Wildman–Crippen MR) is 555 cm³/mol. The van der Waals surface area contributed by atoms with Gasteiger partial charge in [0.05, 0.1) is 55.2 Å². The molecule has 0 unspecified atom stereocenters. The summed E-state index contributed by atoms with van der Waals surface area (Å²) in [5.74, 6) is 1.63. The SMILES string of the molecule is O=c1c2ccccc2c2cc(-c3ccc4sc5cc(-c6ccc7c(c6)c(=O)n6c8cc9c(cc8c8cc(-c%10cccc(-c%11ccc%12c(c%11)c(=O)n%11c%13cc%14c%15ccccc%15n(-c%15nc(-c%16ccccc%16)nc(-c%16ccccc%16)n%15)c%14cc%13c%13cccc%12c%13%11)c%10)cc7c86)c6ccccc6n9-c6ccccc6)ccc5c4c3)cc3c4cc(-c5ccc6sc7ccccc7c6c5)ccc4n1c23. The number of hydrogen-bond acceptors (Lipinski definition) is 8. The fourth-order valence-corrected chi connectivity index (χ4v) is 24.7. The maximum Gasteiger partial charge on any atom is 0.263 e. The van der Waals surface area contributed by atoms with E-state index in [-0.39, 0.29) is 16.7 Å². The predicted octanol–water partition coefficient (Wildman–Crippen LogP) is 30.0. The molecule has 30 aromatic rings. The van der Waals surface area contributed by atoms with E-state index in [9.17, 15) is 4.79 Å². The minimum atomic E-state index is -0.0958. The lowest BCUT2D eigenvalue weighted by molar-refractivity contribution is 0.954. The van der Waals surface area contributed by atoms with Crippen molar-refractivity contribution in [3.05, 3.63) is 419 Å². The number of fused-ring (bicyclic) bond motifs is 27. The summed E-state index contributed by atoms with van der Waals surface area (Å²) >= 11 is 3.60. The number of para-hydroxylation sites is 4. The first-order valence-corrected chi connectivity index (χ1v) is 46.4. The quantitative estimate of drug-likeness (QED) is 0.133. The maximum absolute atomic E-state index is 16.3. The Morgan fingerprint density at radius 1 is 0.173 bits per heavy atom. The summed E-state index contributed by atoms with van der Waals surface area (Å²) in [4.78, 5) is 62.6. The number of pyridine rings is 3. The topological polar surface area (TPSA) is 113 Å². The van der Waals surface area contributed by atoms with E-state index < -0.39 is 0 Å². The van der Waals surface area contributed by atoms with E-state index in [2.05, 4.69) is 312 Å². The Labute approximate surface area is 761 Å². The van der Waals surface area contributed by atoms with Crippen LogP contribution >= 0.6 is 22.7 Å². The van der Waals surface area contributed by atoms with Gasteiger partial charge in [-0.1, -0.05) is 243 Å². The molecule has 11 heterocycles. The van der Waals surface area contributed by atoms with Gasteiger partial charge in [-0.05, 0) is 217 Å². The van der Waals surface area contributed by atoms with E-state index in [0.717, 1.165) is 229 Å². The standard InChI is InChI=1S/C120H64N8O3S2/c129-117-87-32-11-10-28-78(87)95-57-76(59-97-88-51-71(41-47-103(88)126(117)113(95)97)72-42-48-109-93(52-72)83-31-14-17-37-108(83)132-109)73-43-49-110-94(53-73)84-46-40-74(60-111(84)133-110)70-39-45-80-96-56-75(58-98-90-61-89-81-29-12-15-35-101(81)124(77-26-8-3-9-27-77)106(89)64-107(90)128(114(96)98)119(131)100(80)55-70)68-25-18-24-67(50-68)69-38-44-79-85-33-19-34-86-92-63-104-91(62-105(92)127(112(85)86)118(130)99(79)54-69)82-30-13-16-36-102(82)125(104)120-122-115(65-20-4-1-5-21-65)121-116(123-120)66-22-6-2-7-23-66/h1-64H. The molecule has 0 spiro atoms. The second kappa shape index (κ2) is 26.9. The fraction of sp³-hybridized carbons (Fsp3) is 0. The van der Waals surface area contributed by atoms with Gasteiger partial charge in [-0.25, -0.2) is 4.98 Å². The van der Waals surface area contributed by atoms with Crippen LogP contribution in [0.2, 0.25) is 0 Å². The van der Waals surface area contributed by atoms with E-state index in [1.54, 1.807) is 11.3 Å². The van der Waals surface area contributed by atoms with Crippen LogP contribution in [0.4, 0.5) is 0 Å². The third kappa shape index (κ3) is 10.3. The molecule has 0 aliphatic carbocycles. The molecule has 0 saturated carbocycles. The zero-order chi connectivity index (χ0) is 87.0. The molecule has 0 bridgehead atoms. The van der Waals surface area contributed by atoms with Crippen molar-refractivity contribution >= 4 is 221 Å². The molecule has 0 N–H and O–H groups in total. The first kappa shape index (κ1) is 72.6. The van der Waals surface area contributed by atoms with E-state index >= 15 is 9.59 Å². The molecule has 19 aromatic carbocycles. The van der Waals surface area contributed by atoms with Gasteiger partial charge in [0.1, 0.15) is 0 Å². The van der Waals surface area contributed by atoms with Crippen molar-refractivity contribution < 1.29 is 0 Å². The summed E-state index contributed by atoms with van der Waals surface area (Å²) in [6.45, 7) is 0. The first-order valence-electron chi connectivity index (χ1n) is 44.8. The van der Waals surface area contributed by atoms with Gasteiger partial charge in [0.15, 0.2) is 11.6 Å². The van der Waals surface area contributed by atoms with Gasteiger partial charge in [0.25, 0.3) is 16.7 Å². The number of aromatic nitrogens is 8. The number of hydrogen-bond donors (Lipinski definition) is 0. The van der Waals surface area contributed by atoms with Crippen molar-refractivity contribution in [2.45, 2.75) is 0 Å². The van der Waals surface area contributed by atoms with Gasteiger partial charge in [-0.3, -0.25) is 32.2 Å². The van der Waals surface area contributed by atoms with Crippen LogP contribution in [0.5, 0.6) is 0 Å². The zero-order valence-electron chi connectivity index (χ0n) is 70.6. The Kier molecular flexibility index (Phi) is 14.7. The Morgan fingerprint density at radius 2 is 0.526 bits per heavy atom. The van der Waals surface area contributed by atoms with Crippen molar-refractivity contribution in [1.29, 1.82) is 0 Å². The molecule has 0 amide bonds. The number of rotatable bonds is 9. The lowest BCUT2D eigenvalue weighted by Gasteiger charge is -2.12. The third-order valence-corrected chi connectivity index (χ3v) is 30.8. The zero-order valence-corrected chi connectivity index (χ0v) is 72.2. The van der Waals surface area contributed by atoms with Gasteiger partial charge in [-0.2, -0.15) is 9.97 Å². The molecule has 0 radical (unpaired) electrons. The van der Waals surface area contributed by atoms with Crippen LogP contribution in [-0.4, -0.2) is 37.3 Å². The van der Waals surface area contributed by atoms with Gasteiger partial charge >= 0.3 is 0 Å². The minimum absolute atomic E-state index is 0.0154.